The fraction of sp³-hybridized carbons (Fsp3) is 0.400. The van der Waals surface area contributed by atoms with Crippen molar-refractivity contribution >= 4 is 0 Å². The number of ether oxygens (including phenoxy) is 3. The van der Waals surface area contributed by atoms with E-state index in [1.165, 1.54) is 11.1 Å². The summed E-state index contributed by atoms with van der Waals surface area (Å²) in [5.41, 5.74) is 8.41. The van der Waals surface area contributed by atoms with E-state index in [0.717, 1.165) is 30.1 Å². The Morgan fingerprint density at radius 2 is 1.71 bits per heavy atom. The molecule has 1 unspecified atom stereocenters. The molecule has 2 aromatic rings. The maximum Gasteiger partial charge on any atom is 0.161 e. The number of nitrogens with two attached hydrogens (primary N) is 1. The Bertz CT molecular complexity index is 625. The van der Waals surface area contributed by atoms with Gasteiger partial charge in [-0.2, -0.15) is 0 Å². The van der Waals surface area contributed by atoms with Gasteiger partial charge in [-0.1, -0.05) is 25.1 Å². The van der Waals surface area contributed by atoms with E-state index in [-0.39, 0.29) is 5.92 Å². The average Bonchev–Trinajstić information content (AvgIpc) is 2.64. The van der Waals surface area contributed by atoms with E-state index in [0.29, 0.717) is 13.2 Å². The standard InChI is InChI=1S/C20H27NO3/c1-4-11-24-20-13-15(5-10-19(20)23-3)12-17(14-21)16-6-8-18(22-2)9-7-16/h5-10,13,17H,4,11-12,14,21H2,1-3H3. The summed E-state index contributed by atoms with van der Waals surface area (Å²) in [4.78, 5) is 0. The van der Waals surface area contributed by atoms with Gasteiger partial charge in [0.05, 0.1) is 20.8 Å². The molecule has 2 N–H and O–H groups in total. The van der Waals surface area contributed by atoms with Crippen molar-refractivity contribution in [3.8, 4) is 17.2 Å². The van der Waals surface area contributed by atoms with Crippen LogP contribution in [0.4, 0.5) is 0 Å². The van der Waals surface area contributed by atoms with Crippen molar-refractivity contribution in [1.29, 1.82) is 0 Å². The van der Waals surface area contributed by atoms with Gasteiger partial charge >= 0.3 is 0 Å². The third kappa shape index (κ3) is 4.65. The Morgan fingerprint density at radius 1 is 0.958 bits per heavy atom. The zero-order valence-corrected chi connectivity index (χ0v) is 14.7. The fourth-order valence-corrected chi connectivity index (χ4v) is 2.67. The molecule has 0 fully saturated rings. The summed E-state index contributed by atoms with van der Waals surface area (Å²) in [5, 5.41) is 0. The fourth-order valence-electron chi connectivity index (χ4n) is 2.67. The van der Waals surface area contributed by atoms with Crippen LogP contribution in [0.15, 0.2) is 42.5 Å². The molecule has 4 nitrogen and oxygen atoms in total. The lowest BCUT2D eigenvalue weighted by atomic mass is 9.92. The van der Waals surface area contributed by atoms with E-state index in [4.69, 9.17) is 19.9 Å². The first-order valence-electron chi connectivity index (χ1n) is 8.35. The number of rotatable bonds is 9. The number of methoxy groups -OCH3 is 2. The molecule has 0 aliphatic carbocycles. The van der Waals surface area contributed by atoms with Crippen LogP contribution < -0.4 is 19.9 Å². The van der Waals surface area contributed by atoms with Gasteiger partial charge in [0.1, 0.15) is 5.75 Å². The van der Waals surface area contributed by atoms with Crippen molar-refractivity contribution in [2.75, 3.05) is 27.4 Å². The summed E-state index contributed by atoms with van der Waals surface area (Å²) < 4.78 is 16.4. The van der Waals surface area contributed by atoms with Crippen LogP contribution in [0.25, 0.3) is 0 Å². The highest BCUT2D eigenvalue weighted by molar-refractivity contribution is 5.43. The Balaban J connectivity index is 2.17. The molecule has 1 atom stereocenters. The van der Waals surface area contributed by atoms with E-state index < -0.39 is 0 Å². The van der Waals surface area contributed by atoms with E-state index in [2.05, 4.69) is 31.2 Å². The Kier molecular flexibility index (Phi) is 6.94. The van der Waals surface area contributed by atoms with Gasteiger partial charge in [0.25, 0.3) is 0 Å². The molecule has 0 aliphatic heterocycles. The quantitative estimate of drug-likeness (QED) is 0.761. The van der Waals surface area contributed by atoms with E-state index in [1.54, 1.807) is 14.2 Å². The summed E-state index contributed by atoms with van der Waals surface area (Å²) in [6, 6.07) is 14.2. The van der Waals surface area contributed by atoms with Gasteiger partial charge in [-0.25, -0.2) is 0 Å². The Morgan fingerprint density at radius 3 is 2.29 bits per heavy atom. The zero-order chi connectivity index (χ0) is 17.4. The third-order valence-electron chi connectivity index (χ3n) is 4.04. The lowest BCUT2D eigenvalue weighted by molar-refractivity contribution is 0.294. The van der Waals surface area contributed by atoms with Gasteiger partial charge in [-0.15, -0.1) is 0 Å². The summed E-state index contributed by atoms with van der Waals surface area (Å²) in [7, 11) is 3.33. The molecular formula is C20H27NO3. The first-order chi connectivity index (χ1) is 11.7. The monoisotopic (exact) mass is 329 g/mol. The molecule has 0 heterocycles. The van der Waals surface area contributed by atoms with Gasteiger partial charge in [0.15, 0.2) is 11.5 Å². The second kappa shape index (κ2) is 9.18. The molecule has 130 valence electrons. The van der Waals surface area contributed by atoms with Crippen LogP contribution in [-0.4, -0.2) is 27.4 Å². The van der Waals surface area contributed by atoms with E-state index in [9.17, 15) is 0 Å². The molecule has 0 aromatic heterocycles. The first kappa shape index (κ1) is 18.1. The maximum atomic E-state index is 6.01. The van der Waals surface area contributed by atoms with Crippen LogP contribution >= 0.6 is 0 Å². The van der Waals surface area contributed by atoms with Crippen molar-refractivity contribution in [2.24, 2.45) is 5.73 Å². The molecule has 24 heavy (non-hydrogen) atoms. The normalized spacial score (nSPS) is 11.8. The minimum Gasteiger partial charge on any atom is -0.497 e. The SMILES string of the molecule is CCCOc1cc(CC(CN)c2ccc(OC)cc2)ccc1OC. The molecule has 0 radical (unpaired) electrons. The second-order valence-corrected chi connectivity index (χ2v) is 5.74. The lowest BCUT2D eigenvalue weighted by Gasteiger charge is -2.17. The average molecular weight is 329 g/mol. The predicted molar refractivity (Wildman–Crippen MR) is 97.3 cm³/mol. The smallest absolute Gasteiger partial charge is 0.161 e. The molecule has 0 saturated carbocycles. The molecule has 0 saturated heterocycles. The molecule has 0 amide bonds. The van der Waals surface area contributed by atoms with Gasteiger partial charge in [0.2, 0.25) is 0 Å². The van der Waals surface area contributed by atoms with Crippen molar-refractivity contribution < 1.29 is 14.2 Å². The van der Waals surface area contributed by atoms with Crippen LogP contribution in [0.1, 0.15) is 30.4 Å². The van der Waals surface area contributed by atoms with Gasteiger partial charge < -0.3 is 19.9 Å². The maximum absolute atomic E-state index is 6.01. The molecule has 4 heteroatoms. The van der Waals surface area contributed by atoms with E-state index >= 15 is 0 Å². The van der Waals surface area contributed by atoms with Gasteiger partial charge in [-0.05, 0) is 54.8 Å². The largest absolute Gasteiger partial charge is 0.497 e. The Hall–Kier alpha value is -2.20. The summed E-state index contributed by atoms with van der Waals surface area (Å²) in [5.74, 6) is 2.67. The molecule has 0 bridgehead atoms. The number of hydrogen-bond donors (Lipinski definition) is 1. The highest BCUT2D eigenvalue weighted by Gasteiger charge is 2.13. The molecule has 2 aromatic carbocycles. The molecule has 0 spiro atoms. The lowest BCUT2D eigenvalue weighted by Crippen LogP contribution is -2.15. The zero-order valence-electron chi connectivity index (χ0n) is 14.7. The van der Waals surface area contributed by atoms with E-state index in [1.807, 2.05) is 18.2 Å². The minimum atomic E-state index is 0.253. The topological polar surface area (TPSA) is 53.7 Å². The molecule has 0 aliphatic rings. The first-order valence-corrected chi connectivity index (χ1v) is 8.35. The Labute approximate surface area is 144 Å². The number of hydrogen-bond acceptors (Lipinski definition) is 4. The molecule has 2 rings (SSSR count). The number of benzene rings is 2. The van der Waals surface area contributed by atoms with Gasteiger partial charge in [0, 0.05) is 5.92 Å². The summed E-state index contributed by atoms with van der Waals surface area (Å²) in [6.07, 6.45) is 1.82. The van der Waals surface area contributed by atoms with Gasteiger partial charge in [-0.3, -0.25) is 0 Å². The third-order valence-corrected chi connectivity index (χ3v) is 4.04. The minimum absolute atomic E-state index is 0.253. The van der Waals surface area contributed by atoms with Crippen molar-refractivity contribution in [1.82, 2.24) is 0 Å². The van der Waals surface area contributed by atoms with Crippen molar-refractivity contribution in [3.05, 3.63) is 53.6 Å². The van der Waals surface area contributed by atoms with Crippen molar-refractivity contribution in [2.45, 2.75) is 25.7 Å². The summed E-state index contributed by atoms with van der Waals surface area (Å²) in [6.45, 7) is 3.35. The second-order valence-electron chi connectivity index (χ2n) is 5.74. The summed E-state index contributed by atoms with van der Waals surface area (Å²) >= 11 is 0. The predicted octanol–water partition coefficient (Wildman–Crippen LogP) is 3.78. The van der Waals surface area contributed by atoms with Crippen LogP contribution in [0.2, 0.25) is 0 Å². The van der Waals surface area contributed by atoms with Crippen LogP contribution in [-0.2, 0) is 6.42 Å². The molecular weight excluding hydrogens is 302 g/mol. The highest BCUT2D eigenvalue weighted by Crippen LogP contribution is 2.30. The van der Waals surface area contributed by atoms with Crippen LogP contribution in [0, 0.1) is 0 Å². The van der Waals surface area contributed by atoms with Crippen molar-refractivity contribution in [3.63, 3.8) is 0 Å². The van der Waals surface area contributed by atoms with Crippen LogP contribution in [0.5, 0.6) is 17.2 Å². The highest BCUT2D eigenvalue weighted by atomic mass is 16.5. The van der Waals surface area contributed by atoms with Crippen LogP contribution in [0.3, 0.4) is 0 Å².